The van der Waals surface area contributed by atoms with E-state index in [4.69, 9.17) is 0 Å². The lowest BCUT2D eigenvalue weighted by Gasteiger charge is -2.25. The Hall–Kier alpha value is -4.04. The summed E-state index contributed by atoms with van der Waals surface area (Å²) >= 11 is 1.31. The fourth-order valence-electron chi connectivity index (χ4n) is 4.13. The number of allylic oxidation sites excluding steroid dienone is 1. The number of para-hydroxylation sites is 1. The molecule has 0 aliphatic carbocycles. The van der Waals surface area contributed by atoms with Gasteiger partial charge in [0.1, 0.15) is 0 Å². The topological polar surface area (TPSA) is 81.3 Å². The zero-order chi connectivity index (χ0) is 23.8. The molecule has 0 fully saturated rings. The van der Waals surface area contributed by atoms with E-state index in [0.29, 0.717) is 20.6 Å². The van der Waals surface area contributed by atoms with E-state index in [1.165, 1.54) is 11.3 Å². The van der Waals surface area contributed by atoms with Crippen LogP contribution in [0.25, 0.3) is 6.08 Å². The van der Waals surface area contributed by atoms with Crippen LogP contribution in [0.15, 0.2) is 88.0 Å². The van der Waals surface area contributed by atoms with Crippen LogP contribution in [0.1, 0.15) is 29.7 Å². The summed E-state index contributed by atoms with van der Waals surface area (Å²) in [6.07, 6.45) is 5.36. The van der Waals surface area contributed by atoms with Crippen molar-refractivity contribution in [1.29, 1.82) is 0 Å². The molecule has 0 spiro atoms. The maximum absolute atomic E-state index is 13.6. The molecule has 3 heterocycles. The van der Waals surface area contributed by atoms with Crippen LogP contribution >= 0.6 is 11.3 Å². The molecule has 8 heteroatoms. The molecule has 2 aromatic heterocycles. The Balaban J connectivity index is 1.67. The fraction of sp³-hybridized carbons (Fsp3) is 0.154. The van der Waals surface area contributed by atoms with Crippen LogP contribution in [0.5, 0.6) is 0 Å². The molecule has 170 valence electrons. The Morgan fingerprint density at radius 2 is 1.82 bits per heavy atom. The average molecular weight is 470 g/mol. The maximum atomic E-state index is 13.6. The number of nitrogens with one attached hydrogen (secondary N) is 1. The van der Waals surface area contributed by atoms with Crippen molar-refractivity contribution < 1.29 is 4.79 Å². The summed E-state index contributed by atoms with van der Waals surface area (Å²) in [5.41, 5.74) is 4.23. The number of aryl methyl sites for hydroxylation is 2. The first-order valence-electron chi connectivity index (χ1n) is 10.9. The number of aromatic nitrogens is 3. The molecule has 1 atom stereocenters. The van der Waals surface area contributed by atoms with Crippen molar-refractivity contribution in [3.05, 3.63) is 115 Å². The summed E-state index contributed by atoms with van der Waals surface area (Å²) in [4.78, 5) is 32.4. The van der Waals surface area contributed by atoms with Crippen LogP contribution in [-0.4, -0.2) is 20.3 Å². The second-order valence-electron chi connectivity index (χ2n) is 8.21. The van der Waals surface area contributed by atoms with Crippen LogP contribution in [0.3, 0.4) is 0 Å². The van der Waals surface area contributed by atoms with E-state index in [1.807, 2.05) is 87.8 Å². The number of carbonyl (C=O) groups is 1. The van der Waals surface area contributed by atoms with Gasteiger partial charge >= 0.3 is 0 Å². The van der Waals surface area contributed by atoms with Gasteiger partial charge in [0.15, 0.2) is 4.80 Å². The molecule has 0 bridgehead atoms. The number of hydrogen-bond acceptors (Lipinski definition) is 5. The molecule has 1 N–H and O–H groups in total. The maximum Gasteiger partial charge on any atom is 0.271 e. The minimum Gasteiger partial charge on any atom is -0.322 e. The van der Waals surface area contributed by atoms with Gasteiger partial charge in [-0.3, -0.25) is 18.8 Å². The molecule has 1 amide bonds. The van der Waals surface area contributed by atoms with Crippen LogP contribution in [-0.2, 0) is 11.8 Å². The average Bonchev–Trinajstić information content (AvgIpc) is 3.37. The molecule has 7 nitrogen and oxygen atoms in total. The molecule has 4 aromatic rings. The molecule has 0 unspecified atom stereocenters. The first-order valence-corrected chi connectivity index (χ1v) is 11.7. The van der Waals surface area contributed by atoms with E-state index in [1.54, 1.807) is 15.4 Å². The van der Waals surface area contributed by atoms with Crippen LogP contribution in [0.2, 0.25) is 0 Å². The van der Waals surface area contributed by atoms with E-state index in [-0.39, 0.29) is 11.5 Å². The van der Waals surface area contributed by atoms with Gasteiger partial charge in [0.05, 0.1) is 28.0 Å². The van der Waals surface area contributed by atoms with Crippen molar-refractivity contribution in [2.45, 2.75) is 19.9 Å². The highest BCUT2D eigenvalue weighted by Crippen LogP contribution is 2.31. The van der Waals surface area contributed by atoms with E-state index < -0.39 is 6.04 Å². The summed E-state index contributed by atoms with van der Waals surface area (Å²) < 4.78 is 3.86. The molecule has 0 saturated carbocycles. The third-order valence-electron chi connectivity index (χ3n) is 5.80. The van der Waals surface area contributed by atoms with E-state index in [0.717, 1.165) is 22.4 Å². The SMILES string of the molecule is CC1=C(C(=O)Nc2ccccc2C)[C@@H](c2ccccc2)n2c(sc(=Cc3cnn(C)c3)c2=O)=N1. The standard InChI is InChI=1S/C26H23N5O2S/c1-16-9-7-8-12-20(16)29-24(32)22-17(2)28-26-31(23(22)19-10-5-4-6-11-19)25(33)21(34-26)13-18-14-27-30(3)15-18/h4-15,23H,1-3H3,(H,29,32)/t23-/m1/s1. The van der Waals surface area contributed by atoms with Crippen molar-refractivity contribution in [3.63, 3.8) is 0 Å². The van der Waals surface area contributed by atoms with Crippen molar-refractivity contribution >= 4 is 29.0 Å². The lowest BCUT2D eigenvalue weighted by molar-refractivity contribution is -0.113. The van der Waals surface area contributed by atoms with Gasteiger partial charge in [0.2, 0.25) is 0 Å². The Bertz CT molecular complexity index is 1610. The molecule has 1 aliphatic heterocycles. The fourth-order valence-corrected chi connectivity index (χ4v) is 5.18. The first-order chi connectivity index (χ1) is 16.4. The van der Waals surface area contributed by atoms with E-state index in [9.17, 15) is 9.59 Å². The second kappa shape index (κ2) is 8.72. The molecule has 34 heavy (non-hydrogen) atoms. The summed E-state index contributed by atoms with van der Waals surface area (Å²) in [7, 11) is 1.83. The number of carbonyl (C=O) groups excluding carboxylic acids is 1. The van der Waals surface area contributed by atoms with E-state index in [2.05, 4.69) is 15.4 Å². The smallest absolute Gasteiger partial charge is 0.271 e. The summed E-state index contributed by atoms with van der Waals surface area (Å²) in [6, 6.07) is 16.6. The number of amides is 1. The molecule has 2 aromatic carbocycles. The Kier molecular flexibility index (Phi) is 5.59. The van der Waals surface area contributed by atoms with Crippen molar-refractivity contribution in [2.24, 2.45) is 12.0 Å². The van der Waals surface area contributed by atoms with Crippen LogP contribution in [0.4, 0.5) is 5.69 Å². The third kappa shape index (κ3) is 3.92. The number of thiazole rings is 1. The molecule has 5 rings (SSSR count). The van der Waals surface area contributed by atoms with Crippen LogP contribution < -0.4 is 20.2 Å². The number of rotatable bonds is 4. The van der Waals surface area contributed by atoms with Gasteiger partial charge in [-0.25, -0.2) is 4.99 Å². The monoisotopic (exact) mass is 469 g/mol. The molecular weight excluding hydrogens is 446 g/mol. The van der Waals surface area contributed by atoms with Gasteiger partial charge in [0, 0.05) is 24.5 Å². The number of benzene rings is 2. The summed E-state index contributed by atoms with van der Waals surface area (Å²) in [5.74, 6) is -0.272. The van der Waals surface area contributed by atoms with Gasteiger partial charge < -0.3 is 5.32 Å². The Morgan fingerprint density at radius 3 is 2.53 bits per heavy atom. The third-order valence-corrected chi connectivity index (χ3v) is 6.78. The van der Waals surface area contributed by atoms with E-state index >= 15 is 0 Å². The Labute approximate surface area is 200 Å². The molecule has 0 radical (unpaired) electrons. The lowest BCUT2D eigenvalue weighted by Crippen LogP contribution is -2.40. The van der Waals surface area contributed by atoms with Crippen molar-refractivity contribution in [2.75, 3.05) is 5.32 Å². The molecular formula is C26H23N5O2S. The van der Waals surface area contributed by atoms with Crippen LogP contribution in [0, 0.1) is 6.92 Å². The predicted molar refractivity (Wildman–Crippen MR) is 133 cm³/mol. The predicted octanol–water partition coefficient (Wildman–Crippen LogP) is 2.92. The molecule has 1 aliphatic rings. The van der Waals surface area contributed by atoms with Gasteiger partial charge in [-0.1, -0.05) is 59.9 Å². The zero-order valence-corrected chi connectivity index (χ0v) is 19.8. The Morgan fingerprint density at radius 1 is 1.09 bits per heavy atom. The zero-order valence-electron chi connectivity index (χ0n) is 19.0. The summed E-state index contributed by atoms with van der Waals surface area (Å²) in [5, 5.41) is 7.20. The number of nitrogens with zero attached hydrogens (tertiary/aromatic N) is 4. The minimum absolute atomic E-state index is 0.185. The van der Waals surface area contributed by atoms with Crippen molar-refractivity contribution in [3.8, 4) is 0 Å². The number of anilines is 1. The summed E-state index contributed by atoms with van der Waals surface area (Å²) in [6.45, 7) is 3.76. The largest absolute Gasteiger partial charge is 0.322 e. The lowest BCUT2D eigenvalue weighted by atomic mass is 9.95. The second-order valence-corrected chi connectivity index (χ2v) is 9.22. The highest BCUT2D eigenvalue weighted by molar-refractivity contribution is 7.07. The van der Waals surface area contributed by atoms with Crippen molar-refractivity contribution in [1.82, 2.24) is 14.3 Å². The first kappa shape index (κ1) is 21.8. The van der Waals surface area contributed by atoms with Gasteiger partial charge in [-0.2, -0.15) is 5.10 Å². The van der Waals surface area contributed by atoms with Gasteiger partial charge in [-0.15, -0.1) is 0 Å². The quantitative estimate of drug-likeness (QED) is 0.499. The highest BCUT2D eigenvalue weighted by atomic mass is 32.1. The minimum atomic E-state index is -0.586. The number of hydrogen-bond donors (Lipinski definition) is 1. The number of fused-ring (bicyclic) bond motifs is 1. The normalized spacial score (nSPS) is 15.7. The highest BCUT2D eigenvalue weighted by Gasteiger charge is 2.32. The van der Waals surface area contributed by atoms with Gasteiger partial charge in [0.25, 0.3) is 11.5 Å². The molecule has 0 saturated heterocycles. The van der Waals surface area contributed by atoms with Gasteiger partial charge in [-0.05, 0) is 37.1 Å².